The molecule has 1 aliphatic rings. The van der Waals surface area contributed by atoms with Gasteiger partial charge >= 0.3 is 0 Å². The van der Waals surface area contributed by atoms with E-state index >= 15 is 0 Å². The standard InChI is InChI=1S/C15H20N2O3/c1-9(2)16-14(18)12-8-13(12)15(19)17-10-4-6-11(20-3)7-5-10/h4-7,9,12-13H,8H2,1-3H3,(H,16,18)(H,17,19). The molecule has 0 saturated heterocycles. The molecule has 1 aromatic rings. The van der Waals surface area contributed by atoms with Crippen molar-refractivity contribution in [3.63, 3.8) is 0 Å². The molecule has 2 atom stereocenters. The van der Waals surface area contributed by atoms with Crippen LogP contribution in [0.4, 0.5) is 5.69 Å². The van der Waals surface area contributed by atoms with E-state index in [4.69, 9.17) is 4.74 Å². The zero-order valence-corrected chi connectivity index (χ0v) is 12.0. The Bertz CT molecular complexity index is 496. The normalized spacial score (nSPS) is 20.4. The van der Waals surface area contributed by atoms with Gasteiger partial charge in [0.05, 0.1) is 18.9 Å². The van der Waals surface area contributed by atoms with Crippen molar-refractivity contribution in [3.8, 4) is 5.75 Å². The van der Waals surface area contributed by atoms with Crippen LogP contribution in [0.3, 0.4) is 0 Å². The highest BCUT2D eigenvalue weighted by atomic mass is 16.5. The van der Waals surface area contributed by atoms with Crippen molar-refractivity contribution in [2.75, 3.05) is 12.4 Å². The summed E-state index contributed by atoms with van der Waals surface area (Å²) in [4.78, 5) is 23.8. The molecular formula is C15H20N2O3. The zero-order valence-electron chi connectivity index (χ0n) is 12.0. The molecule has 0 aromatic heterocycles. The number of rotatable bonds is 5. The molecule has 0 radical (unpaired) electrons. The van der Waals surface area contributed by atoms with Gasteiger partial charge in [0.1, 0.15) is 5.75 Å². The van der Waals surface area contributed by atoms with Crippen LogP contribution >= 0.6 is 0 Å². The number of carbonyl (C=O) groups excluding carboxylic acids is 2. The number of anilines is 1. The van der Waals surface area contributed by atoms with E-state index in [-0.39, 0.29) is 29.7 Å². The molecule has 1 fully saturated rings. The molecule has 0 aliphatic heterocycles. The number of amides is 2. The third-order valence-electron chi connectivity index (χ3n) is 3.25. The largest absolute Gasteiger partial charge is 0.497 e. The quantitative estimate of drug-likeness (QED) is 0.861. The minimum atomic E-state index is -0.212. The van der Waals surface area contributed by atoms with E-state index in [0.717, 1.165) is 5.75 Å². The lowest BCUT2D eigenvalue weighted by Crippen LogP contribution is -2.32. The van der Waals surface area contributed by atoms with Crippen molar-refractivity contribution < 1.29 is 14.3 Å². The lowest BCUT2D eigenvalue weighted by Gasteiger charge is -2.08. The second-order valence-corrected chi connectivity index (χ2v) is 5.33. The fraction of sp³-hybridized carbons (Fsp3) is 0.467. The Balaban J connectivity index is 1.86. The molecule has 0 heterocycles. The molecule has 0 spiro atoms. The fourth-order valence-electron chi connectivity index (χ4n) is 2.08. The molecule has 2 N–H and O–H groups in total. The zero-order chi connectivity index (χ0) is 14.7. The van der Waals surface area contributed by atoms with Crippen molar-refractivity contribution in [2.24, 2.45) is 11.8 Å². The third kappa shape index (κ3) is 3.50. The van der Waals surface area contributed by atoms with Crippen LogP contribution in [0.25, 0.3) is 0 Å². The molecule has 108 valence electrons. The van der Waals surface area contributed by atoms with Gasteiger partial charge in [0.2, 0.25) is 11.8 Å². The van der Waals surface area contributed by atoms with Gasteiger partial charge in [-0.1, -0.05) is 0 Å². The number of methoxy groups -OCH3 is 1. The minimum Gasteiger partial charge on any atom is -0.497 e. The molecular weight excluding hydrogens is 256 g/mol. The molecule has 1 aromatic carbocycles. The first-order chi connectivity index (χ1) is 9.51. The van der Waals surface area contributed by atoms with E-state index in [1.807, 2.05) is 13.8 Å². The molecule has 5 heteroatoms. The smallest absolute Gasteiger partial charge is 0.228 e. The third-order valence-corrected chi connectivity index (χ3v) is 3.25. The van der Waals surface area contributed by atoms with Crippen LogP contribution in [0.1, 0.15) is 20.3 Å². The van der Waals surface area contributed by atoms with Crippen molar-refractivity contribution in [1.82, 2.24) is 5.32 Å². The predicted molar refractivity (Wildman–Crippen MR) is 76.5 cm³/mol. The first-order valence-electron chi connectivity index (χ1n) is 6.76. The number of ether oxygens (including phenoxy) is 1. The van der Waals surface area contributed by atoms with Gasteiger partial charge in [-0.15, -0.1) is 0 Å². The van der Waals surface area contributed by atoms with Crippen LogP contribution in [0, 0.1) is 11.8 Å². The monoisotopic (exact) mass is 276 g/mol. The second-order valence-electron chi connectivity index (χ2n) is 5.33. The molecule has 1 saturated carbocycles. The average molecular weight is 276 g/mol. The van der Waals surface area contributed by atoms with Gasteiger partial charge in [-0.25, -0.2) is 0 Å². The van der Waals surface area contributed by atoms with Crippen LogP contribution in [0.2, 0.25) is 0 Å². The van der Waals surface area contributed by atoms with Crippen LogP contribution in [-0.2, 0) is 9.59 Å². The summed E-state index contributed by atoms with van der Waals surface area (Å²) < 4.78 is 5.05. The van der Waals surface area contributed by atoms with E-state index in [0.29, 0.717) is 12.1 Å². The summed E-state index contributed by atoms with van der Waals surface area (Å²) in [6.07, 6.45) is 0.626. The summed E-state index contributed by atoms with van der Waals surface area (Å²) in [5, 5.41) is 5.65. The van der Waals surface area contributed by atoms with E-state index in [9.17, 15) is 9.59 Å². The Morgan fingerprint density at radius 1 is 1.15 bits per heavy atom. The molecule has 0 bridgehead atoms. The molecule has 2 unspecified atom stereocenters. The lowest BCUT2D eigenvalue weighted by atomic mass is 10.2. The van der Waals surface area contributed by atoms with Gasteiger partial charge in [0, 0.05) is 11.7 Å². The maximum Gasteiger partial charge on any atom is 0.228 e. The molecule has 2 amide bonds. The maximum atomic E-state index is 12.0. The molecule has 5 nitrogen and oxygen atoms in total. The lowest BCUT2D eigenvalue weighted by molar-refractivity contribution is -0.125. The van der Waals surface area contributed by atoms with Gasteiger partial charge in [0.15, 0.2) is 0 Å². The summed E-state index contributed by atoms with van der Waals surface area (Å²) in [7, 11) is 1.59. The minimum absolute atomic E-state index is 0.0325. The highest BCUT2D eigenvalue weighted by Crippen LogP contribution is 2.39. The highest BCUT2D eigenvalue weighted by molar-refractivity contribution is 5.99. The summed E-state index contributed by atoms with van der Waals surface area (Å²) in [5.74, 6) is 0.212. The van der Waals surface area contributed by atoms with Gasteiger partial charge < -0.3 is 15.4 Å². The van der Waals surface area contributed by atoms with Crippen molar-refractivity contribution in [1.29, 1.82) is 0 Å². The fourth-order valence-corrected chi connectivity index (χ4v) is 2.08. The maximum absolute atomic E-state index is 12.0. The van der Waals surface area contributed by atoms with Gasteiger partial charge in [-0.2, -0.15) is 0 Å². The summed E-state index contributed by atoms with van der Waals surface area (Å²) in [6.45, 7) is 3.82. The Hall–Kier alpha value is -2.04. The number of benzene rings is 1. The average Bonchev–Trinajstić information content (AvgIpc) is 3.19. The number of nitrogens with one attached hydrogen (secondary N) is 2. The Labute approximate surface area is 118 Å². The van der Waals surface area contributed by atoms with Crippen LogP contribution in [0.15, 0.2) is 24.3 Å². The van der Waals surface area contributed by atoms with E-state index in [1.165, 1.54) is 0 Å². The van der Waals surface area contributed by atoms with E-state index in [2.05, 4.69) is 10.6 Å². The molecule has 20 heavy (non-hydrogen) atoms. The van der Waals surface area contributed by atoms with Crippen LogP contribution in [-0.4, -0.2) is 25.0 Å². The predicted octanol–water partition coefficient (Wildman–Crippen LogP) is 1.79. The Morgan fingerprint density at radius 2 is 1.75 bits per heavy atom. The van der Waals surface area contributed by atoms with Gasteiger partial charge in [-0.3, -0.25) is 9.59 Å². The Morgan fingerprint density at radius 3 is 2.30 bits per heavy atom. The van der Waals surface area contributed by atoms with Crippen molar-refractivity contribution in [3.05, 3.63) is 24.3 Å². The summed E-state index contributed by atoms with van der Waals surface area (Å²) in [5.41, 5.74) is 0.714. The summed E-state index contributed by atoms with van der Waals surface area (Å²) >= 11 is 0. The topological polar surface area (TPSA) is 67.4 Å². The molecule has 1 aliphatic carbocycles. The van der Waals surface area contributed by atoms with Gasteiger partial charge in [0.25, 0.3) is 0 Å². The number of carbonyl (C=O) groups is 2. The first-order valence-corrected chi connectivity index (χ1v) is 6.76. The van der Waals surface area contributed by atoms with Gasteiger partial charge in [-0.05, 0) is 44.5 Å². The second kappa shape index (κ2) is 5.94. The summed E-state index contributed by atoms with van der Waals surface area (Å²) in [6, 6.07) is 7.23. The Kier molecular flexibility index (Phi) is 4.27. The van der Waals surface area contributed by atoms with Crippen molar-refractivity contribution in [2.45, 2.75) is 26.3 Å². The van der Waals surface area contributed by atoms with E-state index in [1.54, 1.807) is 31.4 Å². The number of hydrogen-bond donors (Lipinski definition) is 2. The molecule has 2 rings (SSSR count). The first kappa shape index (κ1) is 14.4. The van der Waals surface area contributed by atoms with E-state index < -0.39 is 0 Å². The number of hydrogen-bond acceptors (Lipinski definition) is 3. The highest BCUT2D eigenvalue weighted by Gasteiger charge is 2.48. The van der Waals surface area contributed by atoms with Crippen LogP contribution < -0.4 is 15.4 Å². The SMILES string of the molecule is COc1ccc(NC(=O)C2CC2C(=O)NC(C)C)cc1. The van der Waals surface area contributed by atoms with Crippen LogP contribution in [0.5, 0.6) is 5.75 Å². The van der Waals surface area contributed by atoms with Crippen molar-refractivity contribution >= 4 is 17.5 Å².